The van der Waals surface area contributed by atoms with Crippen molar-refractivity contribution in [2.45, 2.75) is 6.92 Å². The topological polar surface area (TPSA) is 9.23 Å². The molecule has 1 nitrogen and oxygen atoms in total. The van der Waals surface area contributed by atoms with Crippen LogP contribution in [0.25, 0.3) is 0 Å². The Morgan fingerprint density at radius 2 is 2.45 bits per heavy atom. The van der Waals surface area contributed by atoms with Crippen LogP contribution in [-0.2, 0) is 4.74 Å². The van der Waals surface area contributed by atoms with E-state index in [4.69, 9.17) is 4.74 Å². The van der Waals surface area contributed by atoms with Crippen molar-refractivity contribution in [3.05, 3.63) is 24.0 Å². The second-order valence-corrected chi connectivity index (χ2v) is 1.90. The molecular weight excluding hydrogens is 136 g/mol. The fraction of sp³-hybridized carbons (Fsp3) is 0.200. The summed E-state index contributed by atoms with van der Waals surface area (Å²) in [5.41, 5.74) is 0. The lowest BCUT2D eigenvalue weighted by atomic mass is 10.4. The minimum atomic E-state index is 0.660. The lowest BCUT2D eigenvalue weighted by Gasteiger charge is -1.90. The third-order valence-corrected chi connectivity index (χ3v) is 1.10. The van der Waals surface area contributed by atoms with E-state index in [1.54, 1.807) is 13.0 Å². The van der Waals surface area contributed by atoms with Crippen LogP contribution in [0.3, 0.4) is 0 Å². The lowest BCUT2D eigenvalue weighted by Crippen LogP contribution is -1.77. The van der Waals surface area contributed by atoms with Crippen LogP contribution in [0.4, 0.5) is 0 Å². The Morgan fingerprint density at radius 3 is 3.09 bits per heavy atom. The molecule has 1 heteroatoms. The minimum Gasteiger partial charge on any atom is -0.489 e. The van der Waals surface area contributed by atoms with Crippen LogP contribution < -0.4 is 0 Å². The summed E-state index contributed by atoms with van der Waals surface area (Å²) in [6, 6.07) is 0. The lowest BCUT2D eigenvalue weighted by molar-refractivity contribution is 0.279. The number of ether oxygens (including phenoxy) is 1. The van der Waals surface area contributed by atoms with Crippen molar-refractivity contribution in [2.75, 3.05) is 6.61 Å². The maximum atomic E-state index is 5.13. The van der Waals surface area contributed by atoms with Crippen LogP contribution in [-0.4, -0.2) is 6.61 Å². The Bertz CT molecular complexity index is 299. The summed E-state index contributed by atoms with van der Waals surface area (Å²) >= 11 is 0. The second kappa shape index (κ2) is 4.25. The zero-order valence-corrected chi connectivity index (χ0v) is 6.35. The van der Waals surface area contributed by atoms with Gasteiger partial charge in [0, 0.05) is 6.08 Å². The summed E-state index contributed by atoms with van der Waals surface area (Å²) in [5.74, 6) is 11.6. The summed E-state index contributed by atoms with van der Waals surface area (Å²) in [5, 5.41) is 0. The van der Waals surface area contributed by atoms with Crippen LogP contribution in [0.2, 0.25) is 0 Å². The number of hydrogen-bond acceptors (Lipinski definition) is 1. The first kappa shape index (κ1) is 7.51. The molecule has 0 spiro atoms. The number of rotatable bonds is 0. The molecule has 0 radical (unpaired) electrons. The highest BCUT2D eigenvalue weighted by Crippen LogP contribution is 2.05. The van der Waals surface area contributed by atoms with Gasteiger partial charge in [0.2, 0.25) is 0 Å². The van der Waals surface area contributed by atoms with Gasteiger partial charge in [-0.05, 0) is 30.9 Å². The molecule has 1 aliphatic heterocycles. The third-order valence-electron chi connectivity index (χ3n) is 1.10. The molecule has 1 aliphatic rings. The molecule has 0 aromatic heterocycles. The van der Waals surface area contributed by atoms with E-state index < -0.39 is 0 Å². The molecule has 0 amide bonds. The first-order valence-electron chi connectivity index (χ1n) is 3.35. The minimum absolute atomic E-state index is 0.660. The SMILES string of the molecule is CC#CC#CC=C1C=CCO1. The maximum absolute atomic E-state index is 5.13. The summed E-state index contributed by atoms with van der Waals surface area (Å²) in [6.07, 6.45) is 5.56. The molecule has 1 heterocycles. The van der Waals surface area contributed by atoms with Crippen molar-refractivity contribution in [3.8, 4) is 23.7 Å². The highest BCUT2D eigenvalue weighted by atomic mass is 16.5. The molecule has 0 saturated heterocycles. The van der Waals surface area contributed by atoms with Crippen LogP contribution in [0.1, 0.15) is 6.92 Å². The van der Waals surface area contributed by atoms with Crippen molar-refractivity contribution in [1.82, 2.24) is 0 Å². The van der Waals surface area contributed by atoms with Crippen molar-refractivity contribution in [3.63, 3.8) is 0 Å². The molecule has 0 aromatic rings. The Labute approximate surface area is 66.8 Å². The van der Waals surface area contributed by atoms with Crippen LogP contribution in [0, 0.1) is 23.7 Å². The molecule has 54 valence electrons. The van der Waals surface area contributed by atoms with Gasteiger partial charge in [0.25, 0.3) is 0 Å². The van der Waals surface area contributed by atoms with Crippen LogP contribution in [0.15, 0.2) is 24.0 Å². The van der Waals surface area contributed by atoms with Gasteiger partial charge in [0.05, 0.1) is 0 Å². The summed E-state index contributed by atoms with van der Waals surface area (Å²) in [4.78, 5) is 0. The maximum Gasteiger partial charge on any atom is 0.127 e. The van der Waals surface area contributed by atoms with E-state index >= 15 is 0 Å². The van der Waals surface area contributed by atoms with Gasteiger partial charge in [-0.25, -0.2) is 0 Å². The highest BCUT2D eigenvalue weighted by molar-refractivity contribution is 5.33. The largest absolute Gasteiger partial charge is 0.489 e. The monoisotopic (exact) mass is 144 g/mol. The van der Waals surface area contributed by atoms with E-state index in [9.17, 15) is 0 Å². The standard InChI is InChI=1S/C10H8O/c1-2-3-4-5-7-10-8-6-9-11-10/h6-8H,9H2,1H3. The fourth-order valence-corrected chi connectivity index (χ4v) is 0.652. The van der Waals surface area contributed by atoms with Gasteiger partial charge in [-0.1, -0.05) is 11.8 Å². The first-order valence-corrected chi connectivity index (χ1v) is 3.35. The average molecular weight is 144 g/mol. The van der Waals surface area contributed by atoms with Gasteiger partial charge in [-0.3, -0.25) is 0 Å². The highest BCUT2D eigenvalue weighted by Gasteiger charge is 1.95. The molecule has 0 aromatic carbocycles. The first-order chi connectivity index (χ1) is 5.43. The molecule has 0 fully saturated rings. The zero-order valence-electron chi connectivity index (χ0n) is 6.35. The van der Waals surface area contributed by atoms with Gasteiger partial charge in [0.1, 0.15) is 12.4 Å². The van der Waals surface area contributed by atoms with E-state index in [0.29, 0.717) is 6.61 Å². The second-order valence-electron chi connectivity index (χ2n) is 1.90. The van der Waals surface area contributed by atoms with Gasteiger partial charge >= 0.3 is 0 Å². The van der Waals surface area contributed by atoms with Crippen LogP contribution >= 0.6 is 0 Å². The van der Waals surface area contributed by atoms with E-state index in [2.05, 4.69) is 23.7 Å². The molecule has 0 N–H and O–H groups in total. The van der Waals surface area contributed by atoms with Crippen molar-refractivity contribution in [1.29, 1.82) is 0 Å². The van der Waals surface area contributed by atoms with Gasteiger partial charge in [-0.15, -0.1) is 0 Å². The van der Waals surface area contributed by atoms with Gasteiger partial charge < -0.3 is 4.74 Å². The number of allylic oxidation sites excluding steroid dienone is 2. The zero-order chi connectivity index (χ0) is 7.94. The van der Waals surface area contributed by atoms with E-state index in [1.165, 1.54) is 0 Å². The normalized spacial score (nSPS) is 16.3. The van der Waals surface area contributed by atoms with Crippen molar-refractivity contribution >= 4 is 0 Å². The molecule has 1 rings (SSSR count). The Balaban J connectivity index is 2.52. The summed E-state index contributed by atoms with van der Waals surface area (Å²) < 4.78 is 5.13. The average Bonchev–Trinajstić information content (AvgIpc) is 2.50. The number of hydrogen-bond donors (Lipinski definition) is 0. The quantitative estimate of drug-likeness (QED) is 0.468. The Morgan fingerprint density at radius 1 is 1.55 bits per heavy atom. The molecule has 11 heavy (non-hydrogen) atoms. The third kappa shape index (κ3) is 2.65. The van der Waals surface area contributed by atoms with Gasteiger partial charge in [-0.2, -0.15) is 0 Å². The van der Waals surface area contributed by atoms with E-state index in [0.717, 1.165) is 5.76 Å². The predicted octanol–water partition coefficient (Wildman–Crippen LogP) is 1.48. The van der Waals surface area contributed by atoms with E-state index in [-0.39, 0.29) is 0 Å². The molecule has 0 unspecified atom stereocenters. The van der Waals surface area contributed by atoms with Crippen LogP contribution in [0.5, 0.6) is 0 Å². The van der Waals surface area contributed by atoms with Crippen molar-refractivity contribution in [2.24, 2.45) is 0 Å². The Kier molecular flexibility index (Phi) is 2.90. The summed E-state index contributed by atoms with van der Waals surface area (Å²) in [6.45, 7) is 2.42. The molecule has 0 atom stereocenters. The molecule has 0 aliphatic carbocycles. The van der Waals surface area contributed by atoms with E-state index in [1.807, 2.05) is 12.2 Å². The summed E-state index contributed by atoms with van der Waals surface area (Å²) in [7, 11) is 0. The predicted molar refractivity (Wildman–Crippen MR) is 44.4 cm³/mol. The Hall–Kier alpha value is -1.60. The fourth-order valence-electron chi connectivity index (χ4n) is 0.652. The van der Waals surface area contributed by atoms with Crippen molar-refractivity contribution < 1.29 is 4.74 Å². The smallest absolute Gasteiger partial charge is 0.127 e. The molecule has 0 saturated carbocycles. The van der Waals surface area contributed by atoms with Gasteiger partial charge in [0.15, 0.2) is 0 Å². The molecule has 0 bridgehead atoms. The molecular formula is C10H8O.